The van der Waals surface area contributed by atoms with Crippen molar-refractivity contribution < 1.29 is 4.42 Å². The van der Waals surface area contributed by atoms with E-state index in [-0.39, 0.29) is 0 Å². The van der Waals surface area contributed by atoms with Crippen molar-refractivity contribution in [2.45, 2.75) is 20.6 Å². The molecular formula is C62H45B4NOS. The summed E-state index contributed by atoms with van der Waals surface area (Å²) in [4.78, 5) is 4.95. The Hall–Kier alpha value is -7.59. The van der Waals surface area contributed by atoms with Crippen LogP contribution in [-0.4, -0.2) is 31.4 Å². The van der Waals surface area contributed by atoms with Crippen molar-refractivity contribution in [3.8, 4) is 11.1 Å². The molecule has 1 aliphatic carbocycles. The van der Waals surface area contributed by atoms with Crippen LogP contribution in [0.2, 0.25) is 0 Å². The van der Waals surface area contributed by atoms with Crippen LogP contribution in [0.1, 0.15) is 44.5 Å². The fraction of sp³-hybridized carbons (Fsp3) is 0.0323. The average molecular weight is 895 g/mol. The molecule has 7 heteroatoms. The summed E-state index contributed by atoms with van der Waals surface area (Å²) in [6, 6.07) is 83.5. The number of rotatable bonds is 7. The Bertz CT molecular complexity index is 3730. The van der Waals surface area contributed by atoms with E-state index in [9.17, 15) is 0 Å². The lowest BCUT2D eigenvalue weighted by atomic mass is 9.64. The van der Waals surface area contributed by atoms with Gasteiger partial charge >= 0.3 is 0 Å². The number of benzene rings is 10. The topological polar surface area (TPSA) is 16.4 Å². The van der Waals surface area contributed by atoms with E-state index >= 15 is 0 Å². The first-order chi connectivity index (χ1) is 33.9. The minimum atomic E-state index is -0.579. The second-order valence-electron chi connectivity index (χ2n) is 18.8. The third kappa shape index (κ3) is 6.00. The smallest absolute Gasteiger partial charge is 0.143 e. The minimum Gasteiger partial charge on any atom is -0.457 e. The van der Waals surface area contributed by atoms with Crippen LogP contribution in [0.15, 0.2) is 239 Å². The molecule has 0 unspecified atom stereocenters. The number of hydrogen-bond donors (Lipinski definition) is 0. The summed E-state index contributed by atoms with van der Waals surface area (Å²) < 4.78 is 6.93. The number of hydrogen-bond acceptors (Lipinski definition) is 3. The van der Waals surface area contributed by atoms with Crippen LogP contribution in [0.5, 0.6) is 0 Å². The lowest BCUT2D eigenvalue weighted by Crippen LogP contribution is -2.47. The van der Waals surface area contributed by atoms with Crippen molar-refractivity contribution in [1.29, 1.82) is 0 Å². The van der Waals surface area contributed by atoms with Crippen LogP contribution in [-0.2, 0) is 10.8 Å². The SMILES string of the molecule is Bc1c(B)c(B)c2c(oc3cc(N(c4ccc(C5(c6ccccc6)c6ccccc6-c6ccccc65)cc4)c4ccc5c(c4)C(c4ccccc4)(c4ccccc4)c4ccccc4S5)ccc32)c1B. The third-order valence-corrected chi connectivity index (χ3v) is 16.8. The standard InChI is InChI=1S/C62H45B4NOS/c63-56-55-47-34-32-44(37-52(47)68-60(55)59(66)58(65)57(56)64)67(42-30-28-41(29-31-42)61(38-16-4-1-5-17-38)48-24-12-10-22-45(48)46-23-11-13-25-49(46)61)43-33-35-54-51(36-43)62(39-18-6-2-7-19-39,40-20-8-3-9-21-40)50-26-14-15-27-53(50)69-54/h1-37H,63-66H2. The number of anilines is 3. The van der Waals surface area contributed by atoms with E-state index in [1.54, 1.807) is 0 Å². The Kier molecular flexibility index (Phi) is 9.65. The van der Waals surface area contributed by atoms with Crippen molar-refractivity contribution in [2.24, 2.45) is 0 Å². The molecule has 322 valence electrons. The van der Waals surface area contributed by atoms with E-state index in [0.717, 1.165) is 33.6 Å². The third-order valence-electron chi connectivity index (χ3n) is 15.6. The molecule has 2 nitrogen and oxygen atoms in total. The van der Waals surface area contributed by atoms with Crippen LogP contribution >= 0.6 is 11.8 Å². The summed E-state index contributed by atoms with van der Waals surface area (Å²) in [6.45, 7) is 0. The monoisotopic (exact) mass is 895 g/mol. The van der Waals surface area contributed by atoms with Crippen molar-refractivity contribution >= 4 is 104 Å². The first-order valence-electron chi connectivity index (χ1n) is 24.0. The maximum absolute atomic E-state index is 6.93. The highest BCUT2D eigenvalue weighted by atomic mass is 32.2. The summed E-state index contributed by atoms with van der Waals surface area (Å²) in [5.41, 5.74) is 21.7. The van der Waals surface area contributed by atoms with Gasteiger partial charge in [-0.25, -0.2) is 0 Å². The molecule has 0 saturated heterocycles. The van der Waals surface area contributed by atoms with Gasteiger partial charge in [-0.15, -0.1) is 5.46 Å². The molecule has 0 amide bonds. The fourth-order valence-electron chi connectivity index (χ4n) is 12.1. The second kappa shape index (κ2) is 16.0. The van der Waals surface area contributed by atoms with Crippen LogP contribution in [0.4, 0.5) is 17.1 Å². The van der Waals surface area contributed by atoms with E-state index < -0.39 is 10.8 Å². The van der Waals surface area contributed by atoms with Gasteiger partial charge in [0.05, 0.1) is 10.8 Å². The molecule has 0 atom stereocenters. The molecule has 11 aromatic rings. The normalized spacial score (nSPS) is 13.9. The Morgan fingerprint density at radius 2 is 0.812 bits per heavy atom. The van der Waals surface area contributed by atoms with Gasteiger partial charge in [0, 0.05) is 43.7 Å². The van der Waals surface area contributed by atoms with Crippen molar-refractivity contribution in [3.63, 3.8) is 0 Å². The van der Waals surface area contributed by atoms with Gasteiger partial charge < -0.3 is 9.32 Å². The molecule has 2 heterocycles. The highest BCUT2D eigenvalue weighted by Crippen LogP contribution is 2.58. The lowest BCUT2D eigenvalue weighted by Gasteiger charge is -2.42. The number of nitrogens with zero attached hydrogens (tertiary/aromatic N) is 1. The predicted molar refractivity (Wildman–Crippen MR) is 301 cm³/mol. The molecule has 0 saturated carbocycles. The van der Waals surface area contributed by atoms with Crippen LogP contribution in [0, 0.1) is 0 Å². The molecular weight excluding hydrogens is 850 g/mol. The van der Waals surface area contributed by atoms with E-state index in [4.69, 9.17) is 4.42 Å². The molecule has 69 heavy (non-hydrogen) atoms. The molecule has 0 bridgehead atoms. The van der Waals surface area contributed by atoms with Gasteiger partial charge in [-0.3, -0.25) is 0 Å². The predicted octanol–water partition coefficient (Wildman–Crippen LogP) is 9.30. The quantitative estimate of drug-likeness (QED) is 0.149. The number of fused-ring (bicyclic) bond motifs is 8. The molecule has 0 fully saturated rings. The van der Waals surface area contributed by atoms with Crippen LogP contribution in [0.25, 0.3) is 33.1 Å². The van der Waals surface area contributed by atoms with Crippen molar-refractivity contribution in [1.82, 2.24) is 0 Å². The van der Waals surface area contributed by atoms with Gasteiger partial charge in [0.15, 0.2) is 0 Å². The van der Waals surface area contributed by atoms with Gasteiger partial charge in [0.25, 0.3) is 0 Å². The first kappa shape index (κ1) is 41.6. The summed E-state index contributed by atoms with van der Waals surface area (Å²) in [6.07, 6.45) is 0. The highest BCUT2D eigenvalue weighted by molar-refractivity contribution is 7.99. The van der Waals surface area contributed by atoms with Gasteiger partial charge in [-0.05, 0) is 104 Å². The van der Waals surface area contributed by atoms with Gasteiger partial charge in [0.1, 0.15) is 42.6 Å². The largest absolute Gasteiger partial charge is 0.457 e. The van der Waals surface area contributed by atoms with Crippen molar-refractivity contribution in [2.75, 3.05) is 4.90 Å². The molecule has 0 spiro atoms. The van der Waals surface area contributed by atoms with Crippen molar-refractivity contribution in [3.05, 3.63) is 269 Å². The van der Waals surface area contributed by atoms with E-state index in [2.05, 4.69) is 261 Å². The molecule has 0 radical (unpaired) electrons. The summed E-state index contributed by atoms with van der Waals surface area (Å²) in [5, 5.41) is 2.35. The first-order valence-corrected chi connectivity index (χ1v) is 24.8. The number of furan rings is 1. The Morgan fingerprint density at radius 3 is 1.42 bits per heavy atom. The van der Waals surface area contributed by atoms with Gasteiger partial charge in [-0.1, -0.05) is 198 Å². The molecule has 1 aromatic heterocycles. The Labute approximate surface area is 411 Å². The minimum absolute atomic E-state index is 0.502. The maximum atomic E-state index is 6.93. The van der Waals surface area contributed by atoms with Crippen LogP contribution < -0.4 is 26.8 Å². The Morgan fingerprint density at radius 1 is 0.362 bits per heavy atom. The van der Waals surface area contributed by atoms with Gasteiger partial charge in [0.2, 0.25) is 0 Å². The summed E-state index contributed by atoms with van der Waals surface area (Å²) >= 11 is 1.86. The summed E-state index contributed by atoms with van der Waals surface area (Å²) in [7, 11) is 8.88. The molecule has 0 N–H and O–H groups in total. The fourth-order valence-corrected chi connectivity index (χ4v) is 13.3. The van der Waals surface area contributed by atoms with E-state index in [1.165, 1.54) is 92.7 Å². The molecule has 10 aromatic carbocycles. The lowest BCUT2D eigenvalue weighted by molar-refractivity contribution is 0.672. The van der Waals surface area contributed by atoms with Crippen LogP contribution in [0.3, 0.4) is 0 Å². The van der Waals surface area contributed by atoms with Gasteiger partial charge in [-0.2, -0.15) is 0 Å². The maximum Gasteiger partial charge on any atom is 0.143 e. The molecule has 2 aliphatic rings. The average Bonchev–Trinajstić information content (AvgIpc) is 3.94. The highest BCUT2D eigenvalue weighted by Gasteiger charge is 2.47. The Balaban J connectivity index is 1.06. The zero-order chi connectivity index (χ0) is 46.4. The molecule has 13 rings (SSSR count). The molecule has 1 aliphatic heterocycles. The van der Waals surface area contributed by atoms with E-state index in [0.29, 0.717) is 0 Å². The van der Waals surface area contributed by atoms with E-state index in [1.807, 2.05) is 11.8 Å². The summed E-state index contributed by atoms with van der Waals surface area (Å²) in [5.74, 6) is 0. The zero-order valence-electron chi connectivity index (χ0n) is 39.1. The second-order valence-corrected chi connectivity index (χ2v) is 19.9. The zero-order valence-corrected chi connectivity index (χ0v) is 39.9.